The molecule has 2 saturated heterocycles. The summed E-state index contributed by atoms with van der Waals surface area (Å²) in [6, 6.07) is 3.44. The highest BCUT2D eigenvalue weighted by Gasteiger charge is 2.36. The third kappa shape index (κ3) is 5.08. The van der Waals surface area contributed by atoms with Crippen molar-refractivity contribution in [2.45, 2.75) is 64.2 Å². The maximum absolute atomic E-state index is 13.2. The lowest BCUT2D eigenvalue weighted by atomic mass is 9.83. The molecule has 1 aliphatic carbocycles. The van der Waals surface area contributed by atoms with Crippen molar-refractivity contribution in [1.82, 2.24) is 35.2 Å². The van der Waals surface area contributed by atoms with Gasteiger partial charge in [0.25, 0.3) is 0 Å². The second-order valence-electron chi connectivity index (χ2n) is 11.5. The Hall–Kier alpha value is -3.44. The fraction of sp³-hybridized carbons (Fsp3) is 0.536. The summed E-state index contributed by atoms with van der Waals surface area (Å²) in [7, 11) is 3.60. The number of hydrogen-bond acceptors (Lipinski definition) is 8. The Morgan fingerprint density at radius 1 is 1.15 bits per heavy atom. The van der Waals surface area contributed by atoms with E-state index in [4.69, 9.17) is 26.4 Å². The van der Waals surface area contributed by atoms with Crippen molar-refractivity contribution in [3.63, 3.8) is 0 Å². The standard InChI is InChI=1S/C28H35ClN8O3/c1-16-6-8-17(9-7-16)15-37-24-20(32-27(37)36-10-4-5-22(36)26(38)35(2)3)12-21(25-33-28(39)40-34-25)31-23(24)18-11-19(29)14-30-13-18/h11-14,16-17,22,25,34H,4-10,15H2,1-3H3,(H,33,39)/t16?,17?,22-,25?/m0/s1. The van der Waals surface area contributed by atoms with E-state index in [-0.39, 0.29) is 11.9 Å². The van der Waals surface area contributed by atoms with E-state index in [1.54, 1.807) is 31.4 Å². The fourth-order valence-electron chi connectivity index (χ4n) is 6.20. The number of carbonyl (C=O) groups is 2. The SMILES string of the molecule is CC1CCC(Cn2c(N3CCC[C@H]3C(=O)N(C)C)nc3cc(C4NOC(=O)N4)nc(-c4cncc(Cl)c4)c32)CC1. The van der Waals surface area contributed by atoms with Gasteiger partial charge in [0, 0.05) is 45.1 Å². The van der Waals surface area contributed by atoms with Crippen LogP contribution >= 0.6 is 11.6 Å². The Balaban J connectivity index is 1.54. The summed E-state index contributed by atoms with van der Waals surface area (Å²) < 4.78 is 2.27. The average molecular weight is 567 g/mol. The van der Waals surface area contributed by atoms with Crippen molar-refractivity contribution < 1.29 is 14.4 Å². The van der Waals surface area contributed by atoms with Crippen LogP contribution in [-0.4, -0.2) is 63.1 Å². The molecule has 12 heteroatoms. The van der Waals surface area contributed by atoms with E-state index < -0.39 is 12.3 Å². The molecule has 0 aromatic carbocycles. The smallest absolute Gasteiger partial charge is 0.351 e. The van der Waals surface area contributed by atoms with Gasteiger partial charge in [-0.2, -0.15) is 0 Å². The lowest BCUT2D eigenvalue weighted by Gasteiger charge is -2.30. The molecule has 1 saturated carbocycles. The van der Waals surface area contributed by atoms with Gasteiger partial charge in [-0.1, -0.05) is 31.4 Å². The number of likely N-dealkylation sites (N-methyl/N-ethyl adjacent to an activating group) is 1. The van der Waals surface area contributed by atoms with E-state index in [1.807, 2.05) is 12.1 Å². The lowest BCUT2D eigenvalue weighted by Crippen LogP contribution is -2.44. The minimum atomic E-state index is -0.633. The van der Waals surface area contributed by atoms with Crippen LogP contribution in [0.15, 0.2) is 24.5 Å². The van der Waals surface area contributed by atoms with Gasteiger partial charge < -0.3 is 19.2 Å². The zero-order chi connectivity index (χ0) is 28.0. The molecule has 40 heavy (non-hydrogen) atoms. The van der Waals surface area contributed by atoms with Crippen LogP contribution in [0.2, 0.25) is 5.02 Å². The molecule has 212 valence electrons. The second kappa shape index (κ2) is 10.9. The van der Waals surface area contributed by atoms with Crippen LogP contribution in [0.1, 0.15) is 57.3 Å². The molecule has 1 unspecified atom stereocenters. The van der Waals surface area contributed by atoms with Gasteiger partial charge in [0.1, 0.15) is 6.04 Å². The number of rotatable bonds is 6. The molecule has 0 bridgehead atoms. The fourth-order valence-corrected chi connectivity index (χ4v) is 6.37. The Morgan fingerprint density at radius 3 is 2.65 bits per heavy atom. The first-order valence-corrected chi connectivity index (χ1v) is 14.4. The van der Waals surface area contributed by atoms with Gasteiger partial charge in [-0.05, 0) is 49.7 Å². The van der Waals surface area contributed by atoms with Gasteiger partial charge in [-0.3, -0.25) is 15.1 Å². The predicted octanol–water partition coefficient (Wildman–Crippen LogP) is 4.27. The van der Waals surface area contributed by atoms with E-state index in [9.17, 15) is 9.59 Å². The number of amides is 2. The van der Waals surface area contributed by atoms with E-state index in [1.165, 1.54) is 12.8 Å². The number of nitrogens with one attached hydrogen (secondary N) is 2. The normalized spacial score (nSPS) is 24.8. The summed E-state index contributed by atoms with van der Waals surface area (Å²) in [5.41, 5.74) is 6.27. The largest absolute Gasteiger partial charge is 0.427 e. The van der Waals surface area contributed by atoms with Crippen LogP contribution < -0.4 is 15.7 Å². The molecular formula is C28H35ClN8O3. The molecule has 0 spiro atoms. The van der Waals surface area contributed by atoms with Crippen molar-refractivity contribution in [1.29, 1.82) is 0 Å². The van der Waals surface area contributed by atoms with Gasteiger partial charge in [0.2, 0.25) is 11.9 Å². The molecule has 2 N–H and O–H groups in total. The summed E-state index contributed by atoms with van der Waals surface area (Å²) in [4.78, 5) is 48.3. The third-order valence-electron chi connectivity index (χ3n) is 8.34. The number of fused-ring (bicyclic) bond motifs is 1. The van der Waals surface area contributed by atoms with Crippen molar-refractivity contribution in [2.24, 2.45) is 11.8 Å². The van der Waals surface area contributed by atoms with E-state index in [2.05, 4.69) is 32.2 Å². The number of anilines is 1. The Morgan fingerprint density at radius 2 is 1.95 bits per heavy atom. The predicted molar refractivity (Wildman–Crippen MR) is 151 cm³/mol. The first-order valence-electron chi connectivity index (χ1n) is 14.0. The summed E-state index contributed by atoms with van der Waals surface area (Å²) >= 11 is 6.38. The number of halogens is 1. The maximum atomic E-state index is 13.2. The Kier molecular flexibility index (Phi) is 7.26. The van der Waals surface area contributed by atoms with Crippen LogP contribution in [0.25, 0.3) is 22.3 Å². The average Bonchev–Trinajstić information content (AvgIpc) is 3.67. The number of hydrogen-bond donors (Lipinski definition) is 2. The van der Waals surface area contributed by atoms with E-state index >= 15 is 0 Å². The van der Waals surface area contributed by atoms with Gasteiger partial charge in [-0.25, -0.2) is 14.8 Å². The topological polar surface area (TPSA) is 118 Å². The van der Waals surface area contributed by atoms with Crippen LogP contribution in [0, 0.1) is 11.8 Å². The molecule has 3 aliphatic rings. The van der Waals surface area contributed by atoms with Crippen molar-refractivity contribution >= 4 is 40.6 Å². The molecule has 2 aliphatic heterocycles. The van der Waals surface area contributed by atoms with Crippen molar-refractivity contribution in [2.75, 3.05) is 25.5 Å². The maximum Gasteiger partial charge on any atom is 0.427 e. The van der Waals surface area contributed by atoms with Crippen LogP contribution in [0.3, 0.4) is 0 Å². The first kappa shape index (κ1) is 26.8. The molecular weight excluding hydrogens is 532 g/mol. The van der Waals surface area contributed by atoms with Crippen molar-refractivity contribution in [3.05, 3.63) is 35.2 Å². The number of hydroxylamine groups is 1. The van der Waals surface area contributed by atoms with E-state index in [0.717, 1.165) is 67.2 Å². The minimum absolute atomic E-state index is 0.0793. The van der Waals surface area contributed by atoms with Gasteiger partial charge in [-0.15, -0.1) is 5.48 Å². The molecule has 3 aromatic heterocycles. The molecule has 3 fully saturated rings. The zero-order valence-electron chi connectivity index (χ0n) is 23.1. The molecule has 3 aromatic rings. The summed E-state index contributed by atoms with van der Waals surface area (Å²) in [6.07, 6.45) is 8.53. The number of imidazole rings is 1. The van der Waals surface area contributed by atoms with Crippen LogP contribution in [0.4, 0.5) is 10.7 Å². The molecule has 2 atom stereocenters. The minimum Gasteiger partial charge on any atom is -0.351 e. The monoisotopic (exact) mass is 566 g/mol. The van der Waals surface area contributed by atoms with Crippen molar-refractivity contribution in [3.8, 4) is 11.3 Å². The van der Waals surface area contributed by atoms with Gasteiger partial charge in [0.15, 0.2) is 6.17 Å². The molecule has 11 nitrogen and oxygen atoms in total. The number of nitrogens with zero attached hydrogens (tertiary/aromatic N) is 6. The summed E-state index contributed by atoms with van der Waals surface area (Å²) in [5.74, 6) is 2.09. The van der Waals surface area contributed by atoms with Crippen LogP contribution in [0.5, 0.6) is 0 Å². The quantitative estimate of drug-likeness (QED) is 0.454. The highest BCUT2D eigenvalue weighted by atomic mass is 35.5. The zero-order valence-corrected chi connectivity index (χ0v) is 23.8. The Bertz CT molecular complexity index is 1430. The number of aromatic nitrogens is 4. The van der Waals surface area contributed by atoms with Gasteiger partial charge >= 0.3 is 6.09 Å². The first-order chi connectivity index (χ1) is 19.3. The molecule has 6 rings (SSSR count). The summed E-state index contributed by atoms with van der Waals surface area (Å²) in [5, 5.41) is 3.23. The van der Waals surface area contributed by atoms with E-state index in [0.29, 0.717) is 22.3 Å². The number of carbonyl (C=O) groups excluding carboxylic acids is 2. The highest BCUT2D eigenvalue weighted by Crippen LogP contribution is 2.38. The Labute approximate surface area is 238 Å². The lowest BCUT2D eigenvalue weighted by molar-refractivity contribution is -0.129. The number of pyridine rings is 2. The highest BCUT2D eigenvalue weighted by molar-refractivity contribution is 6.30. The summed E-state index contributed by atoms with van der Waals surface area (Å²) in [6.45, 7) is 3.85. The van der Waals surface area contributed by atoms with Gasteiger partial charge in [0.05, 0.1) is 27.4 Å². The molecule has 2 amide bonds. The second-order valence-corrected chi connectivity index (χ2v) is 11.9. The van der Waals surface area contributed by atoms with Crippen LogP contribution in [-0.2, 0) is 16.2 Å². The molecule has 0 radical (unpaired) electrons. The molecule has 5 heterocycles. The third-order valence-corrected chi connectivity index (χ3v) is 8.55.